The molecule has 1 N–H and O–H groups in total. The zero-order valence-electron chi connectivity index (χ0n) is 29.9. The number of halogens is 2. The zero-order chi connectivity index (χ0) is 35.8. The molecule has 1 aliphatic rings. The lowest BCUT2D eigenvalue weighted by atomic mass is 9.94. The van der Waals surface area contributed by atoms with E-state index in [1.54, 1.807) is 17.0 Å². The monoisotopic (exact) mass is 725 g/mol. The highest BCUT2D eigenvalue weighted by atomic mass is 35.5. The molecule has 1 unspecified atom stereocenters. The van der Waals surface area contributed by atoms with E-state index in [4.69, 9.17) is 47.1 Å². The van der Waals surface area contributed by atoms with E-state index in [2.05, 4.69) is 46.8 Å². The van der Waals surface area contributed by atoms with E-state index in [1.165, 1.54) is 21.3 Å². The van der Waals surface area contributed by atoms with Gasteiger partial charge in [0.15, 0.2) is 11.5 Å². The molecule has 0 aliphatic carbocycles. The Morgan fingerprint density at radius 2 is 1.66 bits per heavy atom. The Bertz CT molecular complexity index is 1720. The second kappa shape index (κ2) is 17.5. The predicted molar refractivity (Wildman–Crippen MR) is 201 cm³/mol. The summed E-state index contributed by atoms with van der Waals surface area (Å²) in [7, 11) is 6.43. The standard InChI is InChI=1S/C38H49Cl2N5O5/c1-25(2)50-20-19-45-33-10-8-7-9-32(33)42-38(45)41-29-14-17-44(18-15-29)16-13-27(26-11-12-30(39)31(40)21-26)24-43(3)37(46)28-22-34(47-4)36(49-6)35(23-28)48-5/h7-12,21-23,25,27,29H,13-20,24H2,1-6H3,(H,41,42). The normalized spacial score (nSPS) is 14.6. The van der Waals surface area contributed by atoms with Crippen molar-refractivity contribution >= 4 is 46.1 Å². The van der Waals surface area contributed by atoms with E-state index >= 15 is 0 Å². The summed E-state index contributed by atoms with van der Waals surface area (Å²) >= 11 is 12.8. The van der Waals surface area contributed by atoms with Crippen LogP contribution >= 0.6 is 23.2 Å². The van der Waals surface area contributed by atoms with Crippen molar-refractivity contribution in [1.29, 1.82) is 0 Å². The summed E-state index contributed by atoms with van der Waals surface area (Å²) in [5.41, 5.74) is 3.59. The number of carbonyl (C=O) groups is 1. The Morgan fingerprint density at radius 3 is 2.30 bits per heavy atom. The van der Waals surface area contributed by atoms with Crippen molar-refractivity contribution in [3.05, 3.63) is 75.8 Å². The highest BCUT2D eigenvalue weighted by molar-refractivity contribution is 6.42. The van der Waals surface area contributed by atoms with Crippen molar-refractivity contribution in [2.75, 3.05) is 66.5 Å². The lowest BCUT2D eigenvalue weighted by molar-refractivity contribution is 0.0735. The van der Waals surface area contributed by atoms with Crippen LogP contribution in [0.3, 0.4) is 0 Å². The Labute approximate surface area is 305 Å². The van der Waals surface area contributed by atoms with Gasteiger partial charge in [-0.3, -0.25) is 4.79 Å². The molecule has 5 rings (SSSR count). The highest BCUT2D eigenvalue weighted by Gasteiger charge is 2.26. The van der Waals surface area contributed by atoms with E-state index in [0.717, 1.165) is 68.0 Å². The van der Waals surface area contributed by atoms with Crippen molar-refractivity contribution < 1.29 is 23.7 Å². The van der Waals surface area contributed by atoms with Crippen LogP contribution in [0.25, 0.3) is 11.0 Å². The number of nitrogens with zero attached hydrogens (tertiary/aromatic N) is 4. The fourth-order valence-corrected chi connectivity index (χ4v) is 6.89. The lowest BCUT2D eigenvalue weighted by Gasteiger charge is -2.34. The molecular weight excluding hydrogens is 677 g/mol. The number of fused-ring (bicyclic) bond motifs is 1. The summed E-state index contributed by atoms with van der Waals surface area (Å²) in [6.45, 7) is 8.78. The van der Waals surface area contributed by atoms with E-state index < -0.39 is 0 Å². The maximum Gasteiger partial charge on any atom is 0.253 e. The van der Waals surface area contributed by atoms with Gasteiger partial charge < -0.3 is 38.6 Å². The number of amides is 1. The molecule has 2 heterocycles. The van der Waals surface area contributed by atoms with Crippen molar-refractivity contribution in [1.82, 2.24) is 19.4 Å². The van der Waals surface area contributed by atoms with Gasteiger partial charge in [-0.15, -0.1) is 0 Å². The molecule has 1 aliphatic heterocycles. The molecule has 0 spiro atoms. The molecule has 0 radical (unpaired) electrons. The zero-order valence-corrected chi connectivity index (χ0v) is 31.4. The lowest BCUT2D eigenvalue weighted by Crippen LogP contribution is -2.40. The van der Waals surface area contributed by atoms with Crippen LogP contribution in [-0.4, -0.2) is 98.6 Å². The Morgan fingerprint density at radius 1 is 0.960 bits per heavy atom. The van der Waals surface area contributed by atoms with Gasteiger partial charge in [-0.2, -0.15) is 0 Å². The molecule has 10 nitrogen and oxygen atoms in total. The van der Waals surface area contributed by atoms with Gasteiger partial charge in [-0.1, -0.05) is 41.4 Å². The van der Waals surface area contributed by atoms with Crippen molar-refractivity contribution in [3.8, 4) is 17.2 Å². The third-order valence-electron chi connectivity index (χ3n) is 9.30. The number of benzene rings is 3. The van der Waals surface area contributed by atoms with Crippen molar-refractivity contribution in [2.45, 2.75) is 57.7 Å². The second-order valence-corrected chi connectivity index (χ2v) is 13.8. The molecule has 1 amide bonds. The van der Waals surface area contributed by atoms with Gasteiger partial charge in [0.2, 0.25) is 11.7 Å². The summed E-state index contributed by atoms with van der Waals surface area (Å²) in [5, 5.41) is 4.76. The maximum atomic E-state index is 13.7. The molecule has 0 saturated carbocycles. The third-order valence-corrected chi connectivity index (χ3v) is 10.0. The van der Waals surface area contributed by atoms with Crippen LogP contribution in [0.4, 0.5) is 5.95 Å². The van der Waals surface area contributed by atoms with Gasteiger partial charge in [-0.05, 0) is 81.6 Å². The fraction of sp³-hybridized carbons (Fsp3) is 0.474. The summed E-state index contributed by atoms with van der Waals surface area (Å²) in [6.07, 6.45) is 3.03. The Kier molecular flexibility index (Phi) is 13.1. The SMILES string of the molecule is COc1cc(C(=O)N(C)CC(CCN2CCC(Nc3nc4ccccc4n3CCOC(C)C)CC2)c2ccc(Cl)c(Cl)c2)cc(OC)c1OC. The minimum atomic E-state index is -0.150. The summed E-state index contributed by atoms with van der Waals surface area (Å²) in [6, 6.07) is 17.7. The highest BCUT2D eigenvalue weighted by Crippen LogP contribution is 2.39. The van der Waals surface area contributed by atoms with Crippen LogP contribution < -0.4 is 19.5 Å². The van der Waals surface area contributed by atoms with Crippen LogP contribution in [0.2, 0.25) is 10.0 Å². The molecule has 0 bridgehead atoms. The number of likely N-dealkylation sites (tertiary alicyclic amines) is 1. The number of hydrogen-bond acceptors (Lipinski definition) is 8. The number of ether oxygens (including phenoxy) is 4. The van der Waals surface area contributed by atoms with Gasteiger partial charge in [0.05, 0.1) is 55.1 Å². The van der Waals surface area contributed by atoms with Crippen molar-refractivity contribution in [2.24, 2.45) is 0 Å². The largest absolute Gasteiger partial charge is 0.493 e. The van der Waals surface area contributed by atoms with Gasteiger partial charge in [-0.25, -0.2) is 4.98 Å². The van der Waals surface area contributed by atoms with E-state index in [-0.39, 0.29) is 17.9 Å². The number of methoxy groups -OCH3 is 3. The first-order chi connectivity index (χ1) is 24.1. The molecule has 3 aromatic carbocycles. The maximum absolute atomic E-state index is 13.7. The number of piperidine rings is 1. The first-order valence-electron chi connectivity index (χ1n) is 17.2. The second-order valence-electron chi connectivity index (χ2n) is 13.0. The third kappa shape index (κ3) is 9.15. The number of likely N-dealkylation sites (N-methyl/N-ethyl adjacent to an activating group) is 1. The molecule has 4 aromatic rings. The summed E-state index contributed by atoms with van der Waals surface area (Å²) < 4.78 is 24.5. The number of aromatic nitrogens is 2. The molecule has 1 aromatic heterocycles. The summed E-state index contributed by atoms with van der Waals surface area (Å²) in [5.74, 6) is 2.08. The van der Waals surface area contributed by atoms with Gasteiger partial charge in [0.25, 0.3) is 5.91 Å². The Hall–Kier alpha value is -3.70. The Balaban J connectivity index is 1.23. The number of rotatable bonds is 16. The van der Waals surface area contributed by atoms with Crippen LogP contribution in [0.1, 0.15) is 54.9 Å². The smallest absolute Gasteiger partial charge is 0.253 e. The quantitative estimate of drug-likeness (QED) is 0.126. The molecule has 12 heteroatoms. The summed E-state index contributed by atoms with van der Waals surface area (Å²) in [4.78, 5) is 22.9. The molecule has 1 fully saturated rings. The van der Waals surface area contributed by atoms with Crippen LogP contribution in [0.15, 0.2) is 54.6 Å². The molecule has 1 atom stereocenters. The average Bonchev–Trinajstić information content (AvgIpc) is 3.46. The minimum Gasteiger partial charge on any atom is -0.493 e. The molecule has 270 valence electrons. The number of anilines is 1. The topological polar surface area (TPSA) is 90.3 Å². The van der Waals surface area contributed by atoms with E-state index in [1.807, 2.05) is 31.3 Å². The van der Waals surface area contributed by atoms with Crippen LogP contribution in [0, 0.1) is 0 Å². The number of hydrogen-bond donors (Lipinski definition) is 1. The number of imidazole rings is 1. The first-order valence-corrected chi connectivity index (χ1v) is 17.9. The fourth-order valence-electron chi connectivity index (χ4n) is 6.58. The average molecular weight is 727 g/mol. The minimum absolute atomic E-state index is 0.0320. The van der Waals surface area contributed by atoms with Gasteiger partial charge in [0.1, 0.15) is 0 Å². The molecule has 1 saturated heterocycles. The van der Waals surface area contributed by atoms with E-state index in [0.29, 0.717) is 52.1 Å². The van der Waals surface area contributed by atoms with Crippen LogP contribution in [-0.2, 0) is 11.3 Å². The van der Waals surface area contributed by atoms with Crippen LogP contribution in [0.5, 0.6) is 17.2 Å². The number of nitrogens with one attached hydrogen (secondary N) is 1. The number of para-hydroxylation sites is 2. The molecule has 50 heavy (non-hydrogen) atoms. The van der Waals surface area contributed by atoms with Gasteiger partial charge in [0, 0.05) is 50.7 Å². The van der Waals surface area contributed by atoms with Gasteiger partial charge >= 0.3 is 0 Å². The van der Waals surface area contributed by atoms with Crippen molar-refractivity contribution in [3.63, 3.8) is 0 Å². The number of carbonyl (C=O) groups excluding carboxylic acids is 1. The first kappa shape index (κ1) is 37.6. The predicted octanol–water partition coefficient (Wildman–Crippen LogP) is 7.62. The van der Waals surface area contributed by atoms with E-state index in [9.17, 15) is 4.79 Å². The molecular formula is C38H49Cl2N5O5.